The van der Waals surface area contributed by atoms with Gasteiger partial charge in [0.25, 0.3) is 0 Å². The van der Waals surface area contributed by atoms with Crippen LogP contribution in [0.1, 0.15) is 75.8 Å². The molecule has 3 aromatic carbocycles. The van der Waals surface area contributed by atoms with Gasteiger partial charge >= 0.3 is 0 Å². The smallest absolute Gasteiger partial charge is 0.166 e. The molecule has 0 aliphatic heterocycles. The number of aryl methyl sites for hydroxylation is 1. The van der Waals surface area contributed by atoms with Crippen molar-refractivity contribution in [3.63, 3.8) is 0 Å². The average molecular weight is 511 g/mol. The summed E-state index contributed by atoms with van der Waals surface area (Å²) in [5.41, 5.74) is 2.08. The molecule has 0 N–H and O–H groups in total. The minimum Gasteiger partial charge on any atom is -0.494 e. The van der Waals surface area contributed by atoms with Crippen molar-refractivity contribution in [1.29, 1.82) is 0 Å². The van der Waals surface area contributed by atoms with E-state index in [-0.39, 0.29) is 17.3 Å². The van der Waals surface area contributed by atoms with Crippen LogP contribution in [0.2, 0.25) is 0 Å². The molecular formula is C32H37F3O2. The molecule has 1 aliphatic carbocycles. The molecule has 0 saturated heterocycles. The molecule has 0 bridgehead atoms. The summed E-state index contributed by atoms with van der Waals surface area (Å²) in [6, 6.07) is 15.7. The fourth-order valence-corrected chi connectivity index (χ4v) is 5.28. The fraction of sp³-hybridized carbons (Fsp3) is 0.438. The van der Waals surface area contributed by atoms with Crippen molar-refractivity contribution in [2.75, 3.05) is 13.2 Å². The van der Waals surface area contributed by atoms with E-state index in [1.54, 1.807) is 42.5 Å². The van der Waals surface area contributed by atoms with E-state index >= 15 is 8.78 Å². The van der Waals surface area contributed by atoms with Crippen molar-refractivity contribution in [3.05, 3.63) is 83.2 Å². The molecule has 1 aliphatic rings. The quantitative estimate of drug-likeness (QED) is 0.239. The Morgan fingerprint density at radius 2 is 1.51 bits per heavy atom. The number of halogens is 3. The molecule has 1 saturated carbocycles. The summed E-state index contributed by atoms with van der Waals surface area (Å²) in [5, 5.41) is 0. The average Bonchev–Trinajstić information content (AvgIpc) is 2.91. The molecule has 0 aromatic heterocycles. The molecule has 5 heteroatoms. The van der Waals surface area contributed by atoms with Gasteiger partial charge in [-0.25, -0.2) is 13.2 Å². The highest BCUT2D eigenvalue weighted by molar-refractivity contribution is 5.65. The maximum absolute atomic E-state index is 15.2. The number of hydrogen-bond acceptors (Lipinski definition) is 2. The Morgan fingerprint density at radius 1 is 0.784 bits per heavy atom. The van der Waals surface area contributed by atoms with Gasteiger partial charge in [0.2, 0.25) is 0 Å². The van der Waals surface area contributed by atoms with Crippen LogP contribution in [0.15, 0.2) is 54.6 Å². The second-order valence-electron chi connectivity index (χ2n) is 10.00. The highest BCUT2D eigenvalue weighted by Gasteiger charge is 2.26. The van der Waals surface area contributed by atoms with Crippen molar-refractivity contribution < 1.29 is 22.6 Å². The van der Waals surface area contributed by atoms with Gasteiger partial charge in [-0.3, -0.25) is 0 Å². The number of ether oxygens (including phenoxy) is 2. The maximum Gasteiger partial charge on any atom is 0.166 e. The molecule has 0 radical (unpaired) electrons. The Balaban J connectivity index is 1.33. The summed E-state index contributed by atoms with van der Waals surface area (Å²) in [6.07, 6.45) is 7.11. The van der Waals surface area contributed by atoms with Gasteiger partial charge in [0, 0.05) is 11.6 Å². The van der Waals surface area contributed by atoms with Crippen LogP contribution >= 0.6 is 0 Å². The SMILES string of the molecule is CCCCOc1ccc(-c2ccc(C3CCC(CCc4ccc(OCC)cc4F)CC3)c(F)c2F)cc1. The molecule has 0 unspecified atom stereocenters. The molecular weight excluding hydrogens is 473 g/mol. The van der Waals surface area contributed by atoms with E-state index in [9.17, 15) is 4.39 Å². The summed E-state index contributed by atoms with van der Waals surface area (Å²) in [6.45, 7) is 5.14. The zero-order valence-corrected chi connectivity index (χ0v) is 21.9. The Bertz CT molecular complexity index is 1150. The van der Waals surface area contributed by atoms with Crippen molar-refractivity contribution in [2.24, 2.45) is 5.92 Å². The Labute approximate surface area is 218 Å². The molecule has 37 heavy (non-hydrogen) atoms. The summed E-state index contributed by atoms with van der Waals surface area (Å²) in [5.74, 6) is 0.0142. The predicted octanol–water partition coefficient (Wildman–Crippen LogP) is 9.26. The lowest BCUT2D eigenvalue weighted by molar-refractivity contribution is 0.304. The largest absolute Gasteiger partial charge is 0.494 e. The van der Waals surface area contributed by atoms with E-state index in [2.05, 4.69) is 6.92 Å². The van der Waals surface area contributed by atoms with Gasteiger partial charge < -0.3 is 9.47 Å². The number of unbranched alkanes of at least 4 members (excludes halogenated alkanes) is 1. The van der Waals surface area contributed by atoms with E-state index in [1.807, 2.05) is 13.0 Å². The van der Waals surface area contributed by atoms with Crippen molar-refractivity contribution in [3.8, 4) is 22.6 Å². The third kappa shape index (κ3) is 6.88. The lowest BCUT2D eigenvalue weighted by atomic mass is 9.76. The van der Waals surface area contributed by atoms with Crippen molar-refractivity contribution in [2.45, 2.75) is 71.1 Å². The Kier molecular flexibility index (Phi) is 9.54. The molecule has 4 rings (SSSR count). The van der Waals surface area contributed by atoms with E-state index < -0.39 is 11.6 Å². The third-order valence-electron chi connectivity index (χ3n) is 7.49. The molecule has 0 amide bonds. The predicted molar refractivity (Wildman–Crippen MR) is 143 cm³/mol. The molecule has 3 aromatic rings. The van der Waals surface area contributed by atoms with Crippen LogP contribution in [0.25, 0.3) is 11.1 Å². The van der Waals surface area contributed by atoms with Gasteiger partial charge in [-0.1, -0.05) is 43.7 Å². The van der Waals surface area contributed by atoms with Crippen LogP contribution in [-0.4, -0.2) is 13.2 Å². The lowest BCUT2D eigenvalue weighted by Crippen LogP contribution is -2.15. The molecule has 2 nitrogen and oxygen atoms in total. The summed E-state index contributed by atoms with van der Waals surface area (Å²) >= 11 is 0. The van der Waals surface area contributed by atoms with Crippen LogP contribution < -0.4 is 9.47 Å². The minimum atomic E-state index is -0.787. The Hall–Kier alpha value is -2.95. The topological polar surface area (TPSA) is 18.5 Å². The van der Waals surface area contributed by atoms with Gasteiger partial charge in [-0.05, 0) is 98.6 Å². The first kappa shape index (κ1) is 27.1. The highest BCUT2D eigenvalue weighted by atomic mass is 19.2. The first-order valence-corrected chi connectivity index (χ1v) is 13.6. The van der Waals surface area contributed by atoms with Gasteiger partial charge in [-0.2, -0.15) is 0 Å². The number of hydrogen-bond donors (Lipinski definition) is 0. The fourth-order valence-electron chi connectivity index (χ4n) is 5.28. The van der Waals surface area contributed by atoms with E-state index in [0.29, 0.717) is 48.0 Å². The van der Waals surface area contributed by atoms with Gasteiger partial charge in [0.15, 0.2) is 11.6 Å². The van der Waals surface area contributed by atoms with Crippen LogP contribution in [-0.2, 0) is 6.42 Å². The summed E-state index contributed by atoms with van der Waals surface area (Å²) in [4.78, 5) is 0. The highest BCUT2D eigenvalue weighted by Crippen LogP contribution is 2.40. The van der Waals surface area contributed by atoms with Crippen LogP contribution in [0, 0.1) is 23.4 Å². The standard InChI is InChI=1S/C32H37F3O2/c1-3-5-20-37-26-15-12-24(13-16-26)29-19-18-28(31(34)32(29)35)23-9-6-22(7-10-23)8-11-25-14-17-27(36-4-2)21-30(25)33/h12-19,21-23H,3-11,20H2,1-2H3. The van der Waals surface area contributed by atoms with E-state index in [4.69, 9.17) is 9.47 Å². The summed E-state index contributed by atoms with van der Waals surface area (Å²) < 4.78 is 55.7. The first-order chi connectivity index (χ1) is 18.0. The van der Waals surface area contributed by atoms with Gasteiger partial charge in [0.1, 0.15) is 17.3 Å². The number of rotatable bonds is 11. The second kappa shape index (κ2) is 13.0. The monoisotopic (exact) mass is 510 g/mol. The zero-order chi connectivity index (χ0) is 26.2. The van der Waals surface area contributed by atoms with Gasteiger partial charge in [-0.15, -0.1) is 0 Å². The zero-order valence-electron chi connectivity index (χ0n) is 21.9. The second-order valence-corrected chi connectivity index (χ2v) is 10.00. The molecule has 1 fully saturated rings. The molecule has 0 spiro atoms. The van der Waals surface area contributed by atoms with E-state index in [1.165, 1.54) is 6.07 Å². The Morgan fingerprint density at radius 3 is 2.19 bits per heavy atom. The minimum absolute atomic E-state index is 0.0105. The van der Waals surface area contributed by atoms with Crippen LogP contribution in [0.3, 0.4) is 0 Å². The molecule has 0 atom stereocenters. The van der Waals surface area contributed by atoms with Crippen molar-refractivity contribution in [1.82, 2.24) is 0 Å². The molecule has 0 heterocycles. The maximum atomic E-state index is 15.2. The number of benzene rings is 3. The van der Waals surface area contributed by atoms with Crippen LogP contribution in [0.4, 0.5) is 13.2 Å². The van der Waals surface area contributed by atoms with Gasteiger partial charge in [0.05, 0.1) is 13.2 Å². The normalized spacial score (nSPS) is 17.5. The first-order valence-electron chi connectivity index (χ1n) is 13.6. The van der Waals surface area contributed by atoms with Crippen LogP contribution in [0.5, 0.6) is 11.5 Å². The molecule has 198 valence electrons. The lowest BCUT2D eigenvalue weighted by Gasteiger charge is -2.29. The third-order valence-corrected chi connectivity index (χ3v) is 7.49. The van der Waals surface area contributed by atoms with E-state index in [0.717, 1.165) is 50.7 Å². The van der Waals surface area contributed by atoms with Crippen molar-refractivity contribution >= 4 is 0 Å². The summed E-state index contributed by atoms with van der Waals surface area (Å²) in [7, 11) is 0.